The van der Waals surface area contributed by atoms with Crippen LogP contribution in [0.1, 0.15) is 138 Å². The molecule has 45 heteroatoms. The fraction of sp³-hybridized carbons (Fsp3) is 0.151. The molecule has 0 fully saturated rings. The van der Waals surface area contributed by atoms with Crippen molar-refractivity contribution < 1.29 is 167 Å². The number of nitrogens with zero attached hydrogens (tertiary/aromatic N) is 2. The van der Waals surface area contributed by atoms with Gasteiger partial charge < -0.3 is 51.1 Å². The topological polar surface area (TPSA) is 649 Å². The number of aromatic hydroxyl groups is 10. The van der Waals surface area contributed by atoms with E-state index in [4.69, 9.17) is 50.5 Å². The lowest BCUT2D eigenvalue weighted by molar-refractivity contribution is -0.671. The molecule has 688 valence electrons. The van der Waals surface area contributed by atoms with Crippen molar-refractivity contribution in [2.45, 2.75) is 90.7 Å². The Hall–Kier alpha value is -14.0. The average Bonchev–Trinajstić information content (AvgIpc) is 0.769. The van der Waals surface area contributed by atoms with Gasteiger partial charge in [0.1, 0.15) is 77.9 Å². The van der Waals surface area contributed by atoms with Crippen LogP contribution in [0.5, 0.6) is 57.5 Å². The first-order valence-electron chi connectivity index (χ1n) is 37.4. The summed E-state index contributed by atoms with van der Waals surface area (Å²) in [6.07, 6.45) is 10.1. The third-order valence-electron chi connectivity index (χ3n) is 20.1. The Morgan fingerprint density at radius 2 is 0.397 bits per heavy atom. The quantitative estimate of drug-likeness (QED) is 0.0415. The van der Waals surface area contributed by atoms with Gasteiger partial charge in [0.05, 0.1) is 19.6 Å². The number of phenols is 10. The average molecular weight is 1960 g/mol. The summed E-state index contributed by atoms with van der Waals surface area (Å²) < 4.78 is 245. The molecule has 131 heavy (non-hydrogen) atoms. The van der Waals surface area contributed by atoms with Crippen LogP contribution in [0.3, 0.4) is 0 Å². The second-order valence-corrected chi connectivity index (χ2v) is 36.5. The van der Waals surface area contributed by atoms with Crippen molar-refractivity contribution >= 4 is 101 Å². The van der Waals surface area contributed by atoms with E-state index in [1.807, 2.05) is 72.3 Å². The van der Waals surface area contributed by atoms with Gasteiger partial charge in [-0.2, -0.15) is 33.7 Å². The molecule has 10 aromatic carbocycles. The van der Waals surface area contributed by atoms with E-state index in [1.165, 1.54) is 23.8 Å². The second-order valence-electron chi connectivity index (χ2n) is 29.2. The monoisotopic (exact) mass is 1950 g/mol. The van der Waals surface area contributed by atoms with Crippen LogP contribution in [0.2, 0.25) is 0 Å². The Kier molecular flexibility index (Phi) is 34.3. The molecular weight excluding hydrogens is 1880 g/mol. The van der Waals surface area contributed by atoms with Gasteiger partial charge in [0, 0.05) is 139 Å². The molecular formula is C86H78N2O35S8+2. The van der Waals surface area contributed by atoms with Gasteiger partial charge in [-0.05, 0) is 163 Å². The van der Waals surface area contributed by atoms with Crippen LogP contribution in [0.4, 0.5) is 0 Å². The summed E-state index contributed by atoms with van der Waals surface area (Å²) >= 11 is 0. The first kappa shape index (κ1) is 102. The number of aromatic nitrogens is 2. The molecule has 2 aromatic heterocycles. The minimum Gasteiger partial charge on any atom is -0.507 e. The summed E-state index contributed by atoms with van der Waals surface area (Å²) in [7, 11) is -28.1. The van der Waals surface area contributed by atoms with Crippen molar-refractivity contribution in [1.29, 1.82) is 0 Å². The molecule has 0 radical (unpaired) electrons. The number of rotatable bonds is 7. The number of para-hydroxylation sites is 4. The van der Waals surface area contributed by atoms with E-state index >= 15 is 0 Å². The molecule has 2 aliphatic carbocycles. The maximum atomic E-state index is 12.6. The molecule has 0 aliphatic heterocycles. The fourth-order valence-corrected chi connectivity index (χ4v) is 16.4. The summed E-state index contributed by atoms with van der Waals surface area (Å²) in [5, 5.41) is 115. The zero-order valence-corrected chi connectivity index (χ0v) is 74.8. The SMILES string of the molecule is C[n+]1ccc(/C=C/c2cc3c(O)c(c2)Cc2cc(S(=O)(=O)O)cc(c2O)Cc2cc(S(=O)(=O)O)cc(c2O)Cc2cccc(c2O)Cc2cccc(c2O)C3)cc1.Cc1cc[n+](C)cc1.O=Cc1cc2c(O)c(c1)Cc1cc(S(=O)(=O)O)cc(c1O)Cc1cc(S(=O)(=O)O)cc(c1O)Cc1cccc(c1O)Cc1cccc(c1O)C2.O=S(=O)=O.O=S(=O)=O.O=S(=O)=O.O=S(=O)=O. The predicted octanol–water partition coefficient (Wildman–Crippen LogP) is 7.56. The molecule has 20 bridgehead atoms. The number of benzene rings is 10. The molecule has 2 aliphatic rings. The number of aldehydes is 1. The first-order valence-corrected chi connectivity index (χ1v) is 47.2. The summed E-state index contributed by atoms with van der Waals surface area (Å²) in [5.41, 5.74) is 6.05. The first-order chi connectivity index (χ1) is 61.2. The molecule has 0 atom stereocenters. The van der Waals surface area contributed by atoms with Crippen molar-refractivity contribution in [2.75, 3.05) is 0 Å². The van der Waals surface area contributed by atoms with Crippen LogP contribution in [-0.2, 0) is 161 Å². The number of carbonyl (C=O) groups is 1. The summed E-state index contributed by atoms with van der Waals surface area (Å²) in [6, 6.07) is 41.7. The van der Waals surface area contributed by atoms with Crippen molar-refractivity contribution in [3.8, 4) is 57.5 Å². The van der Waals surface area contributed by atoms with Crippen LogP contribution < -0.4 is 9.13 Å². The van der Waals surface area contributed by atoms with E-state index in [0.29, 0.717) is 50.8 Å². The standard InChI is InChI=1S/C43H37NO11S2.C36H30O12S2.C7H10N.4O3S/c1-44-12-10-25(11-13-44)8-9-26-14-31-17-29-6-2-4-27(39(29)45)16-28-5-3-7-30(40(28)46)18-33-21-37(56(50,51)52)23-35(42(33)48)20-36-24-38(57(53,54)55)22-34(43(36)49)19-32(15-26)41(31)47;37-18-19-7-24-10-22-5-1-3-20(32(22)38)9-21-4-2-6-23(33(21)39)11-26-14-30(49(43,44)45)16-28(35(26)41)13-29-17-31(50(46,47)48)15-27(36(29)42)12-25(8-19)34(24)40;1-7-3-5-8(2)6-4-7;4*1-4(2)3/h2-15,21-24H,16-20H2,1H3,(H6,45,46,48,49,50,51,52,53,54,55);1-8,14-18,38-42H,9-13H2,(H,43,44,45)(H,46,47,48);3-6H,1-2H3;;;;/q;;+1;;;;/p+1. The maximum Gasteiger partial charge on any atom is 0.425 e. The smallest absolute Gasteiger partial charge is 0.425 e. The molecule has 14 rings (SSSR count). The van der Waals surface area contributed by atoms with Crippen LogP contribution in [-0.4, -0.2) is 160 Å². The van der Waals surface area contributed by atoms with E-state index in [0.717, 1.165) is 54.1 Å². The molecule has 0 spiro atoms. The summed E-state index contributed by atoms with van der Waals surface area (Å²) in [6.45, 7) is 2.08. The number of aryl methyl sites for hydroxylation is 3. The van der Waals surface area contributed by atoms with Crippen molar-refractivity contribution in [1.82, 2.24) is 0 Å². The van der Waals surface area contributed by atoms with Crippen molar-refractivity contribution in [2.24, 2.45) is 14.1 Å². The van der Waals surface area contributed by atoms with Crippen LogP contribution >= 0.6 is 0 Å². The predicted molar refractivity (Wildman–Crippen MR) is 461 cm³/mol. The highest BCUT2D eigenvalue weighted by Gasteiger charge is 2.29. The van der Waals surface area contributed by atoms with Gasteiger partial charge in [0.25, 0.3) is 40.5 Å². The number of carbonyl (C=O) groups excluding carboxylic acids is 1. The molecule has 2 heterocycles. The lowest BCUT2D eigenvalue weighted by atomic mass is 9.90. The maximum absolute atomic E-state index is 12.6. The molecule has 12 aromatic rings. The Balaban J connectivity index is 0.000000259. The molecule has 37 nitrogen and oxygen atoms in total. The fourth-order valence-electron chi connectivity index (χ4n) is 14.0. The lowest BCUT2D eigenvalue weighted by Gasteiger charge is -2.18. The van der Waals surface area contributed by atoms with E-state index < -0.39 is 138 Å². The van der Waals surface area contributed by atoms with Gasteiger partial charge in [0.2, 0.25) is 0 Å². The summed E-state index contributed by atoms with van der Waals surface area (Å²) in [4.78, 5) is 9.43. The molecule has 0 amide bonds. The number of hydrogen-bond donors (Lipinski definition) is 14. The lowest BCUT2D eigenvalue weighted by Crippen LogP contribution is -2.25. The van der Waals surface area contributed by atoms with E-state index in [2.05, 4.69) is 19.1 Å². The Labute approximate surface area is 753 Å². The molecule has 0 unspecified atom stereocenters. The molecule has 0 saturated heterocycles. The van der Waals surface area contributed by atoms with Gasteiger partial charge in [-0.3, -0.25) is 23.0 Å². The minimum absolute atomic E-state index is 0.0239. The number of phenolic OH excluding ortho intramolecular Hbond substituents is 10. The third kappa shape index (κ3) is 28.8. The second kappa shape index (κ2) is 43.9. The van der Waals surface area contributed by atoms with E-state index in [-0.39, 0.29) is 164 Å². The number of hydrogen-bond acceptors (Lipinski definition) is 31. The van der Waals surface area contributed by atoms with Gasteiger partial charge >= 0.3 is 42.4 Å². The molecule has 14 N–H and O–H groups in total. The van der Waals surface area contributed by atoms with Crippen LogP contribution in [0.25, 0.3) is 12.2 Å². The van der Waals surface area contributed by atoms with Crippen molar-refractivity contribution in [3.05, 3.63) is 328 Å². The minimum atomic E-state index is -4.90. The number of fused-ring (bicyclic) bond motifs is 20. The zero-order valence-electron chi connectivity index (χ0n) is 68.3. The van der Waals surface area contributed by atoms with Gasteiger partial charge in [-0.15, -0.1) is 50.5 Å². The van der Waals surface area contributed by atoms with Crippen LogP contribution in [0, 0.1) is 6.92 Å². The highest BCUT2D eigenvalue weighted by atomic mass is 32.2. The molecule has 0 saturated carbocycles. The zero-order chi connectivity index (χ0) is 97.2. The Morgan fingerprint density at radius 3 is 0.580 bits per heavy atom. The normalized spacial score (nSPS) is 12.2. The van der Waals surface area contributed by atoms with Crippen molar-refractivity contribution in [3.63, 3.8) is 0 Å². The highest BCUT2D eigenvalue weighted by molar-refractivity contribution is 7.86. The highest BCUT2D eigenvalue weighted by Crippen LogP contribution is 2.44. The summed E-state index contributed by atoms with van der Waals surface area (Å²) in [5.74, 6) is -3.09. The van der Waals surface area contributed by atoms with Crippen LogP contribution in [0.15, 0.2) is 214 Å². The van der Waals surface area contributed by atoms with E-state index in [9.17, 15) is 108 Å². The van der Waals surface area contributed by atoms with Gasteiger partial charge in [0.15, 0.2) is 24.8 Å². The van der Waals surface area contributed by atoms with Gasteiger partial charge in [-0.25, -0.2) is 9.13 Å². The third-order valence-corrected chi connectivity index (χ3v) is 23.4. The largest absolute Gasteiger partial charge is 0.507 e. The van der Waals surface area contributed by atoms with Gasteiger partial charge in [-0.1, -0.05) is 84.9 Å². The Bertz CT molecular complexity index is 7340. The van der Waals surface area contributed by atoms with E-state index in [1.54, 1.807) is 78.9 Å². The number of pyridine rings is 2. The Morgan fingerprint density at radius 1 is 0.244 bits per heavy atom.